The van der Waals surface area contributed by atoms with Crippen LogP contribution in [-0.4, -0.2) is 50.2 Å². The zero-order chi connectivity index (χ0) is 31.8. The van der Waals surface area contributed by atoms with E-state index in [0.29, 0.717) is 18.8 Å². The Morgan fingerprint density at radius 2 is 1.71 bits per heavy atom. The number of halogens is 1. The molecular weight excluding hydrogens is 564 g/mol. The summed E-state index contributed by atoms with van der Waals surface area (Å²) in [5.74, 6) is 0.273. The number of ether oxygens (including phenoxy) is 1. The summed E-state index contributed by atoms with van der Waals surface area (Å²) in [5.41, 5.74) is 2.80. The molecule has 1 unspecified atom stereocenters. The number of carbonyl (C=O) groups excluding carboxylic acids is 1. The summed E-state index contributed by atoms with van der Waals surface area (Å²) in [7, 11) is 1.87. The Hall–Kier alpha value is -2.74. The van der Waals surface area contributed by atoms with E-state index in [1.807, 2.05) is 96.0 Å². The van der Waals surface area contributed by atoms with Crippen LogP contribution in [0, 0.1) is 5.41 Å². The molecule has 1 aliphatic carbocycles. The van der Waals surface area contributed by atoms with Gasteiger partial charge in [-0.2, -0.15) is 0 Å². The molecule has 2 fully saturated rings. The zero-order valence-corrected chi connectivity index (χ0v) is 28.3. The van der Waals surface area contributed by atoms with Crippen LogP contribution in [-0.2, 0) is 9.53 Å². The summed E-state index contributed by atoms with van der Waals surface area (Å²) in [6, 6.07) is 17.9. The molecule has 4 rings (SSSR count). The number of nitrogens with zero attached hydrogens (tertiary/aromatic N) is 1. The molecule has 0 spiro atoms. The molecule has 42 heavy (non-hydrogen) atoms. The maximum atomic E-state index is 11.7. The highest BCUT2D eigenvalue weighted by molar-refractivity contribution is 8.03. The second kappa shape index (κ2) is 24.8. The molecule has 0 amide bonds. The molecule has 3 N–H and O–H groups in total. The van der Waals surface area contributed by atoms with Gasteiger partial charge < -0.3 is 20.4 Å². The molecule has 1 saturated heterocycles. The van der Waals surface area contributed by atoms with Gasteiger partial charge in [-0.05, 0) is 54.4 Å². The van der Waals surface area contributed by atoms with Crippen LogP contribution in [0.15, 0.2) is 77.5 Å². The summed E-state index contributed by atoms with van der Waals surface area (Å²) in [6.45, 7) is 18.2. The van der Waals surface area contributed by atoms with E-state index in [1.54, 1.807) is 11.8 Å². The van der Waals surface area contributed by atoms with Gasteiger partial charge in [0.15, 0.2) is 12.0 Å². The van der Waals surface area contributed by atoms with Crippen molar-refractivity contribution in [2.24, 2.45) is 0 Å². The van der Waals surface area contributed by atoms with Crippen molar-refractivity contribution >= 4 is 41.6 Å². The van der Waals surface area contributed by atoms with Gasteiger partial charge in [0, 0.05) is 43.6 Å². The minimum atomic E-state index is 0.0908. The van der Waals surface area contributed by atoms with Crippen molar-refractivity contribution in [3.63, 3.8) is 0 Å². The highest BCUT2D eigenvalue weighted by atomic mass is 35.5. The summed E-state index contributed by atoms with van der Waals surface area (Å²) < 4.78 is 5.93. The van der Waals surface area contributed by atoms with Gasteiger partial charge >= 0.3 is 0 Å². The zero-order valence-electron chi connectivity index (χ0n) is 26.7. The van der Waals surface area contributed by atoms with Crippen molar-refractivity contribution < 1.29 is 9.53 Å². The van der Waals surface area contributed by atoms with Crippen LogP contribution in [0.3, 0.4) is 0 Å². The van der Waals surface area contributed by atoms with E-state index in [9.17, 15) is 4.79 Å². The summed E-state index contributed by atoms with van der Waals surface area (Å²) >= 11 is 7.37. The summed E-state index contributed by atoms with van der Waals surface area (Å²) in [6.07, 6.45) is 6.29. The number of hydrogen-bond acceptors (Lipinski definition) is 7. The largest absolute Gasteiger partial charge is 0.485 e. The number of benzene rings is 2. The first-order valence-corrected chi connectivity index (χ1v) is 16.5. The summed E-state index contributed by atoms with van der Waals surface area (Å²) in [5, 5.41) is 15.3. The van der Waals surface area contributed by atoms with Crippen LogP contribution in [0.4, 0.5) is 5.69 Å². The van der Waals surface area contributed by atoms with Gasteiger partial charge in [-0.1, -0.05) is 96.1 Å². The van der Waals surface area contributed by atoms with Crippen LogP contribution in [0.2, 0.25) is 5.02 Å². The molecule has 1 aliphatic heterocycles. The first-order chi connectivity index (χ1) is 20.5. The first kappa shape index (κ1) is 39.3. The SMILES string of the molecule is C=C1CN(/C(C=N)=C(/C=O)OC2CCCC2)CCNC(c2ccccc2)S1.CC.CC.CC.CNc1cccc(Cl)c1. The molecule has 2 aliphatic rings. The molecule has 2 aromatic rings. The Morgan fingerprint density at radius 3 is 2.24 bits per heavy atom. The van der Waals surface area contributed by atoms with Crippen LogP contribution >= 0.6 is 23.4 Å². The predicted molar refractivity (Wildman–Crippen MR) is 186 cm³/mol. The molecule has 0 bridgehead atoms. The fourth-order valence-corrected chi connectivity index (χ4v) is 5.43. The van der Waals surface area contributed by atoms with Crippen molar-refractivity contribution in [2.45, 2.75) is 78.7 Å². The Morgan fingerprint density at radius 1 is 1.07 bits per heavy atom. The fraction of sp³-hybridized carbons (Fsp3) is 0.471. The van der Waals surface area contributed by atoms with Gasteiger partial charge in [0.25, 0.3) is 0 Å². The smallest absolute Gasteiger partial charge is 0.186 e. The number of rotatable bonds is 7. The van der Waals surface area contributed by atoms with Gasteiger partial charge in [-0.3, -0.25) is 10.1 Å². The molecule has 1 atom stereocenters. The molecule has 0 radical (unpaired) electrons. The van der Waals surface area contributed by atoms with E-state index in [0.717, 1.165) is 54.1 Å². The van der Waals surface area contributed by atoms with Crippen LogP contribution in [0.1, 0.15) is 78.2 Å². The van der Waals surface area contributed by atoms with E-state index in [1.165, 1.54) is 11.8 Å². The molecule has 1 saturated carbocycles. The number of nitrogens with one attached hydrogen (secondary N) is 3. The molecule has 234 valence electrons. The lowest BCUT2D eigenvalue weighted by Crippen LogP contribution is -2.37. The number of thioether (sulfide) groups is 1. The Labute approximate surface area is 264 Å². The van der Waals surface area contributed by atoms with E-state index in [4.69, 9.17) is 21.7 Å². The first-order valence-electron chi connectivity index (χ1n) is 15.2. The highest BCUT2D eigenvalue weighted by Gasteiger charge is 2.24. The maximum Gasteiger partial charge on any atom is 0.186 e. The minimum absolute atomic E-state index is 0.0908. The van der Waals surface area contributed by atoms with Crippen LogP contribution in [0.25, 0.3) is 0 Å². The second-order valence-electron chi connectivity index (χ2n) is 8.62. The summed E-state index contributed by atoms with van der Waals surface area (Å²) in [4.78, 5) is 14.6. The molecule has 2 aromatic carbocycles. The standard InChI is InChI=1S/C21H27N3O2S.C7H8ClN.3C2H6/c1-16-14-24(12-11-23-21(27-16)17-7-3-2-4-8-17)19(13-22)20(15-25)26-18-9-5-6-10-18;1-9-7-4-2-3-6(8)5-7;3*1-2/h2-4,7-8,13,15,18,21-23H,1,5-6,9-12,14H2;2-5,9H,1H3;3*1-2H3/b20-19-,22-13?;;;;. The number of hydrogen-bond donors (Lipinski definition) is 3. The Balaban J connectivity index is 0.000000935. The number of aldehydes is 1. The van der Waals surface area contributed by atoms with Gasteiger partial charge in [-0.25, -0.2) is 0 Å². The van der Waals surface area contributed by atoms with Gasteiger partial charge in [-0.15, -0.1) is 11.8 Å². The third kappa shape index (κ3) is 14.4. The average Bonchev–Trinajstić information content (AvgIpc) is 3.56. The van der Waals surface area contributed by atoms with Crippen LogP contribution < -0.4 is 10.6 Å². The van der Waals surface area contributed by atoms with Crippen LogP contribution in [0.5, 0.6) is 0 Å². The van der Waals surface area contributed by atoms with Gasteiger partial charge in [0.05, 0.1) is 11.5 Å². The third-order valence-corrected chi connectivity index (χ3v) is 7.38. The molecular formula is C34H53ClN4O2S. The monoisotopic (exact) mass is 616 g/mol. The van der Waals surface area contributed by atoms with Crippen molar-refractivity contribution in [1.82, 2.24) is 10.2 Å². The second-order valence-corrected chi connectivity index (χ2v) is 10.3. The topological polar surface area (TPSA) is 77.5 Å². The number of allylic oxidation sites excluding steroid dienone is 2. The lowest BCUT2D eigenvalue weighted by Gasteiger charge is -2.32. The lowest BCUT2D eigenvalue weighted by molar-refractivity contribution is -0.108. The Bertz CT molecular complexity index is 1040. The minimum Gasteiger partial charge on any atom is -0.485 e. The molecule has 0 aromatic heterocycles. The van der Waals surface area contributed by atoms with E-state index < -0.39 is 0 Å². The number of anilines is 1. The molecule has 8 heteroatoms. The normalized spacial score (nSPS) is 16.9. The molecule has 1 heterocycles. The van der Waals surface area contributed by atoms with Crippen molar-refractivity contribution in [2.75, 3.05) is 32.0 Å². The predicted octanol–water partition coefficient (Wildman–Crippen LogP) is 9.32. The Kier molecular flexibility index (Phi) is 23.2. The van der Waals surface area contributed by atoms with Gasteiger partial charge in [0.1, 0.15) is 5.70 Å². The van der Waals surface area contributed by atoms with Crippen molar-refractivity contribution in [3.8, 4) is 0 Å². The lowest BCUT2D eigenvalue weighted by atomic mass is 10.2. The maximum absolute atomic E-state index is 11.7. The number of carbonyl (C=O) groups is 1. The van der Waals surface area contributed by atoms with Crippen molar-refractivity contribution in [3.05, 3.63) is 88.1 Å². The fourth-order valence-electron chi connectivity index (χ4n) is 4.18. The average molecular weight is 617 g/mol. The van der Waals surface area contributed by atoms with E-state index in [2.05, 4.69) is 29.3 Å². The van der Waals surface area contributed by atoms with E-state index >= 15 is 0 Å². The third-order valence-electron chi connectivity index (χ3n) is 6.01. The van der Waals surface area contributed by atoms with Crippen molar-refractivity contribution in [1.29, 1.82) is 5.41 Å². The highest BCUT2D eigenvalue weighted by Crippen LogP contribution is 2.34. The quantitative estimate of drug-likeness (QED) is 0.124. The molecule has 6 nitrogen and oxygen atoms in total. The van der Waals surface area contributed by atoms with Gasteiger partial charge in [0.2, 0.25) is 0 Å². The van der Waals surface area contributed by atoms with E-state index in [-0.39, 0.29) is 17.2 Å².